The molecule has 0 radical (unpaired) electrons. The number of fused-ring (bicyclic) bond motifs is 1. The molecule has 4 rings (SSSR count). The molecule has 1 aromatic rings. The Morgan fingerprint density at radius 3 is 2.18 bits per heavy atom. The number of imide groups is 1. The normalized spacial score (nSPS) is 22.7. The van der Waals surface area contributed by atoms with E-state index in [1.54, 1.807) is 14.2 Å². The molecule has 3 amide bonds. The van der Waals surface area contributed by atoms with Crippen molar-refractivity contribution >= 4 is 17.7 Å². The molecule has 3 aliphatic rings. The summed E-state index contributed by atoms with van der Waals surface area (Å²) in [5.41, 5.74) is 1.05. The van der Waals surface area contributed by atoms with Crippen molar-refractivity contribution in [3.8, 4) is 11.5 Å². The number of hydrogen-bond acceptors (Lipinski definition) is 6. The van der Waals surface area contributed by atoms with Gasteiger partial charge in [-0.1, -0.05) is 12.2 Å². The number of carbonyl (C=O) groups excluding carboxylic acids is 3. The first-order valence-corrected chi connectivity index (χ1v) is 11.2. The van der Waals surface area contributed by atoms with E-state index in [0.717, 1.165) is 36.7 Å². The summed E-state index contributed by atoms with van der Waals surface area (Å²) in [4.78, 5) is 43.3. The van der Waals surface area contributed by atoms with Crippen LogP contribution < -0.4 is 21.9 Å². The highest BCUT2D eigenvalue weighted by atomic mass is 35.5. The first kappa shape index (κ1) is 25.1. The number of hydrogen-bond donors (Lipinski definition) is 0. The van der Waals surface area contributed by atoms with Gasteiger partial charge in [0.25, 0.3) is 0 Å². The molecule has 0 bridgehead atoms. The van der Waals surface area contributed by atoms with E-state index in [9.17, 15) is 14.4 Å². The van der Waals surface area contributed by atoms with Crippen LogP contribution in [0.3, 0.4) is 0 Å². The Balaban J connectivity index is 0.00000306. The number of rotatable bonds is 7. The fourth-order valence-electron chi connectivity index (χ4n) is 4.86. The number of carbonyl (C=O) groups is 3. The van der Waals surface area contributed by atoms with E-state index in [-0.39, 0.29) is 54.9 Å². The van der Waals surface area contributed by atoms with E-state index >= 15 is 0 Å². The summed E-state index contributed by atoms with van der Waals surface area (Å²) in [6, 6.07) is 5.76. The first-order valence-electron chi connectivity index (χ1n) is 11.2. The topological polar surface area (TPSA) is 79.4 Å². The average molecular weight is 477 g/mol. The third-order valence-electron chi connectivity index (χ3n) is 6.75. The second-order valence-corrected chi connectivity index (χ2v) is 8.57. The third-order valence-corrected chi connectivity index (χ3v) is 6.75. The molecule has 2 aliphatic heterocycles. The van der Waals surface area contributed by atoms with Gasteiger partial charge in [-0.2, -0.15) is 0 Å². The van der Waals surface area contributed by atoms with Crippen molar-refractivity contribution in [3.63, 3.8) is 0 Å². The minimum Gasteiger partial charge on any atom is -1.00 e. The average Bonchev–Trinajstić information content (AvgIpc) is 3.07. The monoisotopic (exact) mass is 476 g/mol. The van der Waals surface area contributed by atoms with Crippen LogP contribution in [0.15, 0.2) is 30.4 Å². The molecule has 8 nitrogen and oxygen atoms in total. The van der Waals surface area contributed by atoms with Gasteiger partial charge in [0, 0.05) is 51.3 Å². The van der Waals surface area contributed by atoms with E-state index in [1.165, 1.54) is 4.90 Å². The lowest BCUT2D eigenvalue weighted by atomic mass is 9.85. The number of nitrogens with zero attached hydrogens (tertiary/aromatic N) is 3. The molecular weight excluding hydrogens is 446 g/mol. The molecular formula is C24H31ClN3O5-. The summed E-state index contributed by atoms with van der Waals surface area (Å²) < 4.78 is 10.8. The Labute approximate surface area is 200 Å². The van der Waals surface area contributed by atoms with Gasteiger partial charge in [-0.25, -0.2) is 0 Å². The van der Waals surface area contributed by atoms with Gasteiger partial charge in [0.2, 0.25) is 17.7 Å². The zero-order chi connectivity index (χ0) is 22.7. The standard InChI is InChI=1S/C24H31N3O5.ClH/c1-31-18-7-8-21(32-2)17(15-18)16-25-11-13-26(14-12-25)22(28)9-10-27-23(29)19-5-3-4-6-20(19)24(27)30;/h3-4,7-8,15,19-20H,5-6,9-14,16H2,1-2H3;1H/p-1. The largest absolute Gasteiger partial charge is 1.00 e. The highest BCUT2D eigenvalue weighted by Gasteiger charge is 2.47. The van der Waals surface area contributed by atoms with E-state index in [1.807, 2.05) is 35.3 Å². The van der Waals surface area contributed by atoms with E-state index in [4.69, 9.17) is 9.47 Å². The Morgan fingerprint density at radius 1 is 0.970 bits per heavy atom. The lowest BCUT2D eigenvalue weighted by molar-refractivity contribution is -0.141. The number of likely N-dealkylation sites (tertiary alicyclic amines) is 1. The zero-order valence-corrected chi connectivity index (χ0v) is 19.9. The van der Waals surface area contributed by atoms with Crippen LogP contribution >= 0.6 is 0 Å². The van der Waals surface area contributed by atoms with E-state index in [2.05, 4.69) is 4.90 Å². The number of amides is 3. The molecule has 2 atom stereocenters. The number of allylic oxidation sites excluding steroid dienone is 2. The molecule has 2 heterocycles. The number of halogens is 1. The van der Waals surface area contributed by atoms with Gasteiger partial charge in [-0.3, -0.25) is 24.2 Å². The first-order chi connectivity index (χ1) is 15.5. The van der Waals surface area contributed by atoms with Crippen molar-refractivity contribution in [1.82, 2.24) is 14.7 Å². The van der Waals surface area contributed by atoms with Crippen LogP contribution in [0.2, 0.25) is 0 Å². The van der Waals surface area contributed by atoms with E-state index < -0.39 is 0 Å². The van der Waals surface area contributed by atoms with E-state index in [0.29, 0.717) is 25.9 Å². The fraction of sp³-hybridized carbons (Fsp3) is 0.542. The number of methoxy groups -OCH3 is 2. The van der Waals surface area contributed by atoms with Crippen molar-refractivity contribution in [3.05, 3.63) is 35.9 Å². The number of ether oxygens (including phenoxy) is 2. The molecule has 1 aliphatic carbocycles. The molecule has 2 saturated heterocycles. The highest BCUT2D eigenvalue weighted by Crippen LogP contribution is 2.35. The Morgan fingerprint density at radius 2 is 1.61 bits per heavy atom. The van der Waals surface area contributed by atoms with Crippen LogP contribution in [0.4, 0.5) is 0 Å². The molecule has 1 aromatic carbocycles. The zero-order valence-electron chi connectivity index (χ0n) is 19.2. The van der Waals surface area contributed by atoms with Crippen LogP contribution in [-0.2, 0) is 20.9 Å². The van der Waals surface area contributed by atoms with Gasteiger partial charge in [-0.05, 0) is 31.0 Å². The summed E-state index contributed by atoms with van der Waals surface area (Å²) in [6.45, 7) is 3.66. The molecule has 2 fully saturated rings. The lowest BCUT2D eigenvalue weighted by Gasteiger charge is -2.35. The number of benzene rings is 1. The van der Waals surface area contributed by atoms with Gasteiger partial charge >= 0.3 is 0 Å². The van der Waals surface area contributed by atoms with Gasteiger partial charge < -0.3 is 26.8 Å². The third kappa shape index (κ3) is 5.33. The van der Waals surface area contributed by atoms with Gasteiger partial charge in [-0.15, -0.1) is 0 Å². The van der Waals surface area contributed by atoms with Crippen LogP contribution in [0, 0.1) is 11.8 Å². The maximum absolute atomic E-state index is 12.7. The molecule has 0 aromatic heterocycles. The van der Waals surface area contributed by atoms with Crippen LogP contribution in [0.1, 0.15) is 24.8 Å². The SMILES string of the molecule is COc1ccc(OC)c(CN2CCN(C(=O)CCN3C(=O)C4CC=CCC4C3=O)CC2)c1.[Cl-]. The second-order valence-electron chi connectivity index (χ2n) is 8.57. The maximum Gasteiger partial charge on any atom is 0.233 e. The smallest absolute Gasteiger partial charge is 0.233 e. The molecule has 9 heteroatoms. The van der Waals surface area contributed by atoms with Crippen molar-refractivity contribution in [1.29, 1.82) is 0 Å². The van der Waals surface area contributed by atoms with Crippen LogP contribution in [0.5, 0.6) is 11.5 Å². The molecule has 0 N–H and O–H groups in total. The minimum absolute atomic E-state index is 0. The summed E-state index contributed by atoms with van der Waals surface area (Å²) in [7, 11) is 3.30. The van der Waals surface area contributed by atoms with Gasteiger partial charge in [0.05, 0.1) is 26.1 Å². The number of piperazine rings is 1. The Kier molecular flexibility index (Phi) is 8.37. The predicted molar refractivity (Wildman–Crippen MR) is 118 cm³/mol. The van der Waals surface area contributed by atoms with Crippen molar-refractivity contribution in [2.75, 3.05) is 46.9 Å². The maximum atomic E-state index is 12.7. The summed E-state index contributed by atoms with van der Waals surface area (Å²) in [5.74, 6) is 0.899. The Bertz CT molecular complexity index is 887. The highest BCUT2D eigenvalue weighted by molar-refractivity contribution is 6.05. The molecule has 2 unspecified atom stereocenters. The quantitative estimate of drug-likeness (QED) is 0.359. The Hall–Kier alpha value is -2.58. The molecule has 0 saturated carbocycles. The van der Waals surface area contributed by atoms with Crippen LogP contribution in [-0.4, -0.2) is 79.4 Å². The van der Waals surface area contributed by atoms with Crippen molar-refractivity contribution in [2.24, 2.45) is 11.8 Å². The summed E-state index contributed by atoms with van der Waals surface area (Å²) >= 11 is 0. The summed E-state index contributed by atoms with van der Waals surface area (Å²) in [5, 5.41) is 0. The molecule has 0 spiro atoms. The van der Waals surface area contributed by atoms with Crippen molar-refractivity contribution < 1.29 is 36.3 Å². The predicted octanol–water partition coefficient (Wildman–Crippen LogP) is -1.31. The van der Waals surface area contributed by atoms with Crippen LogP contribution in [0.25, 0.3) is 0 Å². The molecule has 33 heavy (non-hydrogen) atoms. The van der Waals surface area contributed by atoms with Crippen molar-refractivity contribution in [2.45, 2.75) is 25.8 Å². The molecule has 180 valence electrons. The van der Waals surface area contributed by atoms with Gasteiger partial charge in [0.1, 0.15) is 11.5 Å². The summed E-state index contributed by atoms with van der Waals surface area (Å²) in [6.07, 6.45) is 5.39. The minimum atomic E-state index is -0.236. The lowest BCUT2D eigenvalue weighted by Crippen LogP contribution is -3.00. The second kappa shape index (κ2) is 11.0. The van der Waals surface area contributed by atoms with Gasteiger partial charge in [0.15, 0.2) is 0 Å². The fourth-order valence-corrected chi connectivity index (χ4v) is 4.86.